The summed E-state index contributed by atoms with van der Waals surface area (Å²) >= 11 is 0. The summed E-state index contributed by atoms with van der Waals surface area (Å²) in [6.07, 6.45) is 0.351. The van der Waals surface area contributed by atoms with Gasteiger partial charge in [0.2, 0.25) is 0 Å². The van der Waals surface area contributed by atoms with E-state index in [9.17, 15) is 14.3 Å². The standard InChI is InChI=1S/C26H30FNO5/c1-16(26(30)32-4)13-23-24(17(2)15-33-12-11-31-3)25(18-5-7-19(27)8-6-18)21-10-9-20(29)14-22(21)28-23/h5-10,14,16-17,29H,11-13,15H2,1-4H3/t16-,17?/m0/s1. The molecule has 33 heavy (non-hydrogen) atoms. The first-order chi connectivity index (χ1) is 15.8. The van der Waals surface area contributed by atoms with Gasteiger partial charge in [-0.15, -0.1) is 0 Å². The van der Waals surface area contributed by atoms with Crippen LogP contribution in [0.4, 0.5) is 4.39 Å². The van der Waals surface area contributed by atoms with E-state index >= 15 is 0 Å². The number of halogens is 1. The molecule has 0 aliphatic heterocycles. The van der Waals surface area contributed by atoms with Crippen LogP contribution in [-0.2, 0) is 25.4 Å². The Kier molecular flexibility index (Phi) is 8.36. The molecule has 0 radical (unpaired) electrons. The van der Waals surface area contributed by atoms with Gasteiger partial charge in [0.05, 0.1) is 38.4 Å². The van der Waals surface area contributed by atoms with Gasteiger partial charge in [-0.1, -0.05) is 26.0 Å². The number of benzene rings is 2. The number of hydrogen-bond acceptors (Lipinski definition) is 6. The minimum atomic E-state index is -0.418. The fourth-order valence-electron chi connectivity index (χ4n) is 3.99. The van der Waals surface area contributed by atoms with Crippen molar-refractivity contribution in [3.63, 3.8) is 0 Å². The Balaban J connectivity index is 2.22. The van der Waals surface area contributed by atoms with E-state index in [1.165, 1.54) is 19.2 Å². The number of nitrogens with zero attached hydrogens (tertiary/aromatic N) is 1. The normalized spacial score (nSPS) is 13.1. The third kappa shape index (κ3) is 5.86. The monoisotopic (exact) mass is 455 g/mol. The number of phenols is 1. The minimum absolute atomic E-state index is 0.0764. The number of phenolic OH excluding ortho intramolecular Hbond substituents is 1. The van der Waals surface area contributed by atoms with Gasteiger partial charge in [-0.25, -0.2) is 4.39 Å². The number of esters is 1. The molecule has 1 aromatic heterocycles. The van der Waals surface area contributed by atoms with Gasteiger partial charge in [0, 0.05) is 36.6 Å². The Hall–Kier alpha value is -3.03. The fourth-order valence-corrected chi connectivity index (χ4v) is 3.99. The Morgan fingerprint density at radius 2 is 1.82 bits per heavy atom. The van der Waals surface area contributed by atoms with E-state index in [1.807, 2.05) is 13.0 Å². The highest BCUT2D eigenvalue weighted by molar-refractivity contribution is 5.97. The summed E-state index contributed by atoms with van der Waals surface area (Å²) in [5, 5.41) is 10.9. The van der Waals surface area contributed by atoms with E-state index in [2.05, 4.69) is 0 Å². The smallest absolute Gasteiger partial charge is 0.308 e. The lowest BCUT2D eigenvalue weighted by molar-refractivity contribution is -0.144. The molecule has 1 unspecified atom stereocenters. The first-order valence-electron chi connectivity index (χ1n) is 10.9. The second kappa shape index (κ2) is 11.2. The molecule has 2 atom stereocenters. The fraction of sp³-hybridized carbons (Fsp3) is 0.385. The highest BCUT2D eigenvalue weighted by atomic mass is 19.1. The summed E-state index contributed by atoms with van der Waals surface area (Å²) in [4.78, 5) is 17.0. The Morgan fingerprint density at radius 3 is 2.48 bits per heavy atom. The topological polar surface area (TPSA) is 77.9 Å². The van der Waals surface area contributed by atoms with Crippen molar-refractivity contribution in [1.29, 1.82) is 0 Å². The van der Waals surface area contributed by atoms with Gasteiger partial charge in [-0.3, -0.25) is 9.78 Å². The van der Waals surface area contributed by atoms with E-state index in [0.717, 1.165) is 22.1 Å². The van der Waals surface area contributed by atoms with Crippen LogP contribution in [0.3, 0.4) is 0 Å². The molecule has 1 heterocycles. The number of fused-ring (bicyclic) bond motifs is 1. The van der Waals surface area contributed by atoms with Crippen molar-refractivity contribution in [2.45, 2.75) is 26.2 Å². The maximum atomic E-state index is 13.7. The number of ether oxygens (including phenoxy) is 3. The van der Waals surface area contributed by atoms with Gasteiger partial charge in [-0.2, -0.15) is 0 Å². The third-order valence-corrected chi connectivity index (χ3v) is 5.61. The van der Waals surface area contributed by atoms with Crippen molar-refractivity contribution >= 4 is 16.9 Å². The highest BCUT2D eigenvalue weighted by Crippen LogP contribution is 2.39. The summed E-state index contributed by atoms with van der Waals surface area (Å²) in [6.45, 7) is 5.19. The highest BCUT2D eigenvalue weighted by Gasteiger charge is 2.25. The van der Waals surface area contributed by atoms with Gasteiger partial charge in [-0.05, 0) is 41.0 Å². The summed E-state index contributed by atoms with van der Waals surface area (Å²) in [5.41, 5.74) is 3.94. The molecule has 7 heteroatoms. The maximum Gasteiger partial charge on any atom is 0.308 e. The van der Waals surface area contributed by atoms with Crippen molar-refractivity contribution in [1.82, 2.24) is 4.98 Å². The summed E-state index contributed by atoms with van der Waals surface area (Å²) in [5.74, 6) is -1.06. The number of carbonyl (C=O) groups is 1. The van der Waals surface area contributed by atoms with E-state index in [4.69, 9.17) is 19.2 Å². The second-order valence-corrected chi connectivity index (χ2v) is 8.15. The van der Waals surface area contributed by atoms with Gasteiger partial charge < -0.3 is 19.3 Å². The van der Waals surface area contributed by atoms with Crippen LogP contribution in [0.5, 0.6) is 5.75 Å². The number of hydrogen-bond donors (Lipinski definition) is 1. The van der Waals surface area contributed by atoms with E-state index in [0.29, 0.717) is 37.5 Å². The first kappa shape index (κ1) is 24.6. The molecule has 0 saturated heterocycles. The van der Waals surface area contributed by atoms with E-state index < -0.39 is 5.92 Å². The molecule has 0 bridgehead atoms. The van der Waals surface area contributed by atoms with Crippen LogP contribution in [0.1, 0.15) is 31.0 Å². The Morgan fingerprint density at radius 1 is 1.09 bits per heavy atom. The van der Waals surface area contributed by atoms with Gasteiger partial charge in [0.1, 0.15) is 11.6 Å². The largest absolute Gasteiger partial charge is 0.508 e. The summed E-state index contributed by atoms with van der Waals surface area (Å²) in [7, 11) is 2.98. The third-order valence-electron chi connectivity index (χ3n) is 5.61. The summed E-state index contributed by atoms with van der Waals surface area (Å²) in [6, 6.07) is 11.3. The van der Waals surface area contributed by atoms with Gasteiger partial charge in [0.15, 0.2) is 0 Å². The molecule has 6 nitrogen and oxygen atoms in total. The molecule has 0 amide bonds. The molecule has 1 N–H and O–H groups in total. The lowest BCUT2D eigenvalue weighted by atomic mass is 9.85. The van der Waals surface area contributed by atoms with Crippen molar-refractivity contribution < 1.29 is 28.5 Å². The zero-order valence-corrected chi connectivity index (χ0v) is 19.4. The molecule has 3 aromatic rings. The van der Waals surface area contributed by atoms with Crippen LogP contribution >= 0.6 is 0 Å². The van der Waals surface area contributed by atoms with E-state index in [1.54, 1.807) is 38.3 Å². The number of rotatable bonds is 10. The molecule has 2 aromatic carbocycles. The molecule has 3 rings (SSSR count). The van der Waals surface area contributed by atoms with Crippen LogP contribution in [0, 0.1) is 11.7 Å². The number of aromatic hydroxyl groups is 1. The molecule has 0 fully saturated rings. The predicted octanol–water partition coefficient (Wildman–Crippen LogP) is 4.86. The van der Waals surface area contributed by atoms with Crippen LogP contribution in [0.25, 0.3) is 22.0 Å². The lowest BCUT2D eigenvalue weighted by Crippen LogP contribution is -2.19. The molecule has 0 saturated carbocycles. The number of pyridine rings is 1. The molecule has 0 aliphatic rings. The second-order valence-electron chi connectivity index (χ2n) is 8.15. The quantitative estimate of drug-likeness (QED) is 0.347. The van der Waals surface area contributed by atoms with Gasteiger partial charge in [0.25, 0.3) is 0 Å². The number of methoxy groups -OCH3 is 2. The maximum absolute atomic E-state index is 13.7. The Labute approximate surface area is 193 Å². The number of carbonyl (C=O) groups excluding carboxylic acids is 1. The zero-order valence-electron chi connectivity index (χ0n) is 19.4. The molecule has 176 valence electrons. The number of aromatic nitrogens is 1. The van der Waals surface area contributed by atoms with Crippen LogP contribution in [-0.4, -0.2) is 50.1 Å². The lowest BCUT2D eigenvalue weighted by Gasteiger charge is -2.23. The average Bonchev–Trinajstić information content (AvgIpc) is 2.80. The molecule has 0 spiro atoms. The van der Waals surface area contributed by atoms with Crippen LogP contribution < -0.4 is 0 Å². The SMILES string of the molecule is COCCOCC(C)c1c(C[C@H](C)C(=O)OC)nc2cc(O)ccc2c1-c1ccc(F)cc1. The van der Waals surface area contributed by atoms with Gasteiger partial charge >= 0.3 is 5.97 Å². The summed E-state index contributed by atoms with van der Waals surface area (Å²) < 4.78 is 29.5. The average molecular weight is 456 g/mol. The molecular formula is C26H30FNO5. The molecule has 0 aliphatic carbocycles. The van der Waals surface area contributed by atoms with Crippen molar-refractivity contribution in [3.05, 3.63) is 59.5 Å². The van der Waals surface area contributed by atoms with Crippen molar-refractivity contribution in [3.8, 4) is 16.9 Å². The molecular weight excluding hydrogens is 425 g/mol. The zero-order chi connectivity index (χ0) is 24.0. The van der Waals surface area contributed by atoms with Crippen molar-refractivity contribution in [2.75, 3.05) is 34.0 Å². The first-order valence-corrected chi connectivity index (χ1v) is 10.9. The predicted molar refractivity (Wildman–Crippen MR) is 125 cm³/mol. The Bertz CT molecular complexity index is 1100. The van der Waals surface area contributed by atoms with E-state index in [-0.39, 0.29) is 23.5 Å². The minimum Gasteiger partial charge on any atom is -0.508 e. The van der Waals surface area contributed by atoms with Crippen molar-refractivity contribution in [2.24, 2.45) is 5.92 Å². The van der Waals surface area contributed by atoms with Crippen LogP contribution in [0.15, 0.2) is 42.5 Å². The van der Waals surface area contributed by atoms with Crippen LogP contribution in [0.2, 0.25) is 0 Å².